The van der Waals surface area contributed by atoms with Crippen molar-refractivity contribution in [1.29, 1.82) is 0 Å². The summed E-state index contributed by atoms with van der Waals surface area (Å²) in [6.07, 6.45) is 1.65. The molecular formula is C16H16N2O2S. The Hall–Kier alpha value is -2.11. The first-order valence-corrected chi connectivity index (χ1v) is 7.58. The van der Waals surface area contributed by atoms with Crippen molar-refractivity contribution in [2.75, 3.05) is 7.05 Å². The van der Waals surface area contributed by atoms with E-state index < -0.39 is 0 Å². The summed E-state index contributed by atoms with van der Waals surface area (Å²) in [4.78, 5) is 5.47. The number of aromatic nitrogens is 1. The van der Waals surface area contributed by atoms with Crippen LogP contribution in [-0.4, -0.2) is 12.0 Å². The van der Waals surface area contributed by atoms with Gasteiger partial charge in [0.05, 0.1) is 4.88 Å². The molecule has 5 heteroatoms. The van der Waals surface area contributed by atoms with Gasteiger partial charge in [-0.05, 0) is 24.6 Å². The number of hydrogen-bond acceptors (Lipinski definition) is 5. The van der Waals surface area contributed by atoms with Gasteiger partial charge in [0.15, 0.2) is 0 Å². The lowest BCUT2D eigenvalue weighted by atomic mass is 10.2. The molecule has 1 N–H and O–H groups in total. The summed E-state index contributed by atoms with van der Waals surface area (Å²) in [7, 11) is 1.92. The molecule has 2 aromatic heterocycles. The van der Waals surface area contributed by atoms with Gasteiger partial charge in [0, 0.05) is 12.1 Å². The molecule has 0 saturated carbocycles. The highest BCUT2D eigenvalue weighted by Crippen LogP contribution is 2.24. The molecule has 0 spiro atoms. The van der Waals surface area contributed by atoms with Gasteiger partial charge in [-0.3, -0.25) is 0 Å². The molecule has 0 saturated heterocycles. The van der Waals surface area contributed by atoms with Crippen molar-refractivity contribution in [3.63, 3.8) is 0 Å². The molecule has 1 aromatic carbocycles. The number of thiophene rings is 1. The van der Waals surface area contributed by atoms with E-state index in [0.717, 1.165) is 28.4 Å². The van der Waals surface area contributed by atoms with E-state index in [1.54, 1.807) is 17.6 Å². The van der Waals surface area contributed by atoms with E-state index >= 15 is 0 Å². The number of rotatable bonds is 6. The van der Waals surface area contributed by atoms with Crippen LogP contribution in [0.1, 0.15) is 11.3 Å². The van der Waals surface area contributed by atoms with Gasteiger partial charge in [0.1, 0.15) is 24.3 Å². The Bertz CT molecular complexity index is 692. The molecule has 0 radical (unpaired) electrons. The number of oxazole rings is 1. The van der Waals surface area contributed by atoms with Crippen LogP contribution in [0.15, 0.2) is 52.5 Å². The fourth-order valence-corrected chi connectivity index (χ4v) is 2.67. The predicted octanol–water partition coefficient (Wildman–Crippen LogP) is 3.70. The van der Waals surface area contributed by atoms with E-state index in [1.165, 1.54) is 0 Å². The Morgan fingerprint density at radius 3 is 2.95 bits per heavy atom. The second-order valence-electron chi connectivity index (χ2n) is 4.55. The molecule has 3 aromatic rings. The second-order valence-corrected chi connectivity index (χ2v) is 5.50. The largest absolute Gasteiger partial charge is 0.487 e. The van der Waals surface area contributed by atoms with Gasteiger partial charge < -0.3 is 14.5 Å². The van der Waals surface area contributed by atoms with Crippen molar-refractivity contribution in [3.8, 4) is 16.5 Å². The lowest BCUT2D eigenvalue weighted by molar-refractivity contribution is 0.297. The molecule has 108 valence electrons. The minimum absolute atomic E-state index is 0.398. The quantitative estimate of drug-likeness (QED) is 0.754. The average molecular weight is 300 g/mol. The molecule has 0 fully saturated rings. The van der Waals surface area contributed by atoms with Crippen LogP contribution >= 0.6 is 11.3 Å². The van der Waals surface area contributed by atoms with Gasteiger partial charge in [-0.1, -0.05) is 24.3 Å². The minimum atomic E-state index is 0.398. The first kappa shape index (κ1) is 13.9. The summed E-state index contributed by atoms with van der Waals surface area (Å²) in [5.74, 6) is 1.51. The van der Waals surface area contributed by atoms with Crippen LogP contribution in [0.3, 0.4) is 0 Å². The van der Waals surface area contributed by atoms with Crippen molar-refractivity contribution in [2.45, 2.75) is 13.2 Å². The average Bonchev–Trinajstić information content (AvgIpc) is 3.18. The highest BCUT2D eigenvalue weighted by molar-refractivity contribution is 7.13. The van der Waals surface area contributed by atoms with Crippen LogP contribution < -0.4 is 10.1 Å². The zero-order valence-electron chi connectivity index (χ0n) is 11.7. The molecule has 0 aliphatic heterocycles. The van der Waals surface area contributed by atoms with E-state index in [9.17, 15) is 0 Å². The van der Waals surface area contributed by atoms with E-state index in [2.05, 4.69) is 10.3 Å². The third-order valence-electron chi connectivity index (χ3n) is 3.00. The lowest BCUT2D eigenvalue weighted by Crippen LogP contribution is -2.07. The van der Waals surface area contributed by atoms with Crippen molar-refractivity contribution in [1.82, 2.24) is 10.3 Å². The van der Waals surface area contributed by atoms with E-state index in [4.69, 9.17) is 9.15 Å². The standard InChI is InChI=1S/C16H16N2O2S/c1-17-9-12-5-2-3-6-14(12)19-10-13-11-20-16(18-13)15-7-4-8-21-15/h2-8,11,17H,9-10H2,1H3. The first-order chi connectivity index (χ1) is 10.4. The van der Waals surface area contributed by atoms with Gasteiger partial charge in [0.25, 0.3) is 0 Å². The van der Waals surface area contributed by atoms with Crippen LogP contribution in [0.2, 0.25) is 0 Å². The molecule has 3 rings (SSSR count). The molecule has 0 amide bonds. The maximum absolute atomic E-state index is 5.85. The van der Waals surface area contributed by atoms with Crippen molar-refractivity contribution < 1.29 is 9.15 Å². The van der Waals surface area contributed by atoms with Crippen LogP contribution in [0.4, 0.5) is 0 Å². The van der Waals surface area contributed by atoms with Crippen LogP contribution in [0.25, 0.3) is 10.8 Å². The number of nitrogens with zero attached hydrogens (tertiary/aromatic N) is 1. The first-order valence-electron chi connectivity index (χ1n) is 6.70. The Morgan fingerprint density at radius 2 is 2.14 bits per heavy atom. The van der Waals surface area contributed by atoms with Crippen LogP contribution in [0.5, 0.6) is 5.75 Å². The minimum Gasteiger partial charge on any atom is -0.487 e. The lowest BCUT2D eigenvalue weighted by Gasteiger charge is -2.09. The topological polar surface area (TPSA) is 47.3 Å². The summed E-state index contributed by atoms with van der Waals surface area (Å²) in [5, 5.41) is 5.14. The van der Waals surface area contributed by atoms with Crippen LogP contribution in [-0.2, 0) is 13.2 Å². The Morgan fingerprint density at radius 1 is 1.24 bits per heavy atom. The highest BCUT2D eigenvalue weighted by Gasteiger charge is 2.09. The van der Waals surface area contributed by atoms with E-state index in [-0.39, 0.29) is 0 Å². The molecule has 0 aliphatic rings. The molecule has 2 heterocycles. The number of benzene rings is 1. The number of para-hydroxylation sites is 1. The zero-order chi connectivity index (χ0) is 14.5. The van der Waals surface area contributed by atoms with Gasteiger partial charge in [0.2, 0.25) is 5.89 Å². The molecule has 4 nitrogen and oxygen atoms in total. The fraction of sp³-hybridized carbons (Fsp3) is 0.188. The van der Waals surface area contributed by atoms with Crippen molar-refractivity contribution in [3.05, 3.63) is 59.3 Å². The monoisotopic (exact) mass is 300 g/mol. The van der Waals surface area contributed by atoms with Gasteiger partial charge >= 0.3 is 0 Å². The number of hydrogen-bond donors (Lipinski definition) is 1. The highest BCUT2D eigenvalue weighted by atomic mass is 32.1. The molecule has 0 bridgehead atoms. The van der Waals surface area contributed by atoms with Crippen LogP contribution in [0, 0.1) is 0 Å². The maximum Gasteiger partial charge on any atom is 0.236 e. The second kappa shape index (κ2) is 6.56. The Labute approximate surface area is 127 Å². The van der Waals surface area contributed by atoms with Gasteiger partial charge in [-0.15, -0.1) is 11.3 Å². The molecular weight excluding hydrogens is 284 g/mol. The van der Waals surface area contributed by atoms with Crippen molar-refractivity contribution >= 4 is 11.3 Å². The van der Waals surface area contributed by atoms with E-state index in [0.29, 0.717) is 12.5 Å². The van der Waals surface area contributed by atoms with Gasteiger partial charge in [-0.25, -0.2) is 4.98 Å². The summed E-state index contributed by atoms with van der Waals surface area (Å²) < 4.78 is 11.3. The summed E-state index contributed by atoms with van der Waals surface area (Å²) >= 11 is 1.61. The van der Waals surface area contributed by atoms with E-state index in [1.807, 2.05) is 48.8 Å². The molecule has 0 unspecified atom stereocenters. The Balaban J connectivity index is 1.68. The summed E-state index contributed by atoms with van der Waals surface area (Å²) in [5.41, 5.74) is 1.92. The smallest absolute Gasteiger partial charge is 0.236 e. The normalized spacial score (nSPS) is 10.7. The zero-order valence-corrected chi connectivity index (χ0v) is 12.5. The molecule has 0 aliphatic carbocycles. The number of nitrogens with one attached hydrogen (secondary N) is 1. The third-order valence-corrected chi connectivity index (χ3v) is 3.86. The van der Waals surface area contributed by atoms with Crippen molar-refractivity contribution in [2.24, 2.45) is 0 Å². The SMILES string of the molecule is CNCc1ccccc1OCc1coc(-c2cccs2)n1. The maximum atomic E-state index is 5.85. The summed E-state index contributed by atoms with van der Waals surface area (Å²) in [6, 6.07) is 12.0. The molecule has 21 heavy (non-hydrogen) atoms. The Kier molecular flexibility index (Phi) is 4.33. The number of ether oxygens (including phenoxy) is 1. The molecule has 0 atom stereocenters. The third kappa shape index (κ3) is 3.32. The fourth-order valence-electron chi connectivity index (χ4n) is 2.02. The summed E-state index contributed by atoms with van der Waals surface area (Å²) in [6.45, 7) is 1.17. The predicted molar refractivity (Wildman–Crippen MR) is 83.4 cm³/mol. The van der Waals surface area contributed by atoms with Gasteiger partial charge in [-0.2, -0.15) is 0 Å².